The first kappa shape index (κ1) is 19.5. The molecule has 2 aromatic heterocycles. The minimum absolute atomic E-state index is 0.201. The number of rotatable bonds is 4. The lowest BCUT2D eigenvalue weighted by molar-refractivity contribution is 0.0553. The van der Waals surface area contributed by atoms with Crippen molar-refractivity contribution in [3.63, 3.8) is 0 Å². The molecule has 0 saturated carbocycles. The van der Waals surface area contributed by atoms with Crippen molar-refractivity contribution in [1.29, 1.82) is 0 Å². The van der Waals surface area contributed by atoms with Crippen LogP contribution in [0.1, 0.15) is 74.9 Å². The number of nitrogens with zero attached hydrogens (tertiary/aromatic N) is 3. The molecule has 0 aliphatic heterocycles. The Morgan fingerprint density at radius 1 is 0.839 bits per heavy atom. The number of hydrogen-bond acceptors (Lipinski definition) is 6. The van der Waals surface area contributed by atoms with Crippen molar-refractivity contribution in [2.45, 2.75) is 57.9 Å². The van der Waals surface area contributed by atoms with Crippen molar-refractivity contribution in [1.82, 2.24) is 20.7 Å². The number of aryl methyl sites for hydroxylation is 2. The largest absolute Gasteiger partial charge is 0.360 e. The van der Waals surface area contributed by atoms with E-state index >= 15 is 0 Å². The first-order chi connectivity index (χ1) is 15.2. The standard InChI is InChI=1S/C23H24N4O4/c28-22(20-16-10-4-6-12-18(16)30-25-20)24-27(14-15-8-2-1-3-9-15)23(29)21-17-11-5-7-13-19(17)31-26-21/h1-3,8-9H,4-7,10-14H2,(H,24,28). The molecule has 8 heteroatoms. The molecule has 0 bridgehead atoms. The van der Waals surface area contributed by atoms with Gasteiger partial charge in [-0.15, -0.1) is 0 Å². The Morgan fingerprint density at radius 3 is 2.10 bits per heavy atom. The first-order valence-electron chi connectivity index (χ1n) is 10.8. The van der Waals surface area contributed by atoms with Gasteiger partial charge in [-0.05, 0) is 44.1 Å². The topological polar surface area (TPSA) is 101 Å². The molecule has 2 aliphatic carbocycles. The van der Waals surface area contributed by atoms with Crippen molar-refractivity contribution in [3.8, 4) is 0 Å². The average Bonchev–Trinajstić information content (AvgIpc) is 3.43. The number of amides is 2. The first-order valence-corrected chi connectivity index (χ1v) is 10.8. The van der Waals surface area contributed by atoms with E-state index in [4.69, 9.17) is 9.05 Å². The maximum Gasteiger partial charge on any atom is 0.295 e. The second-order valence-electron chi connectivity index (χ2n) is 8.10. The lowest BCUT2D eigenvalue weighted by Crippen LogP contribution is -2.46. The van der Waals surface area contributed by atoms with Crippen LogP contribution in [0.5, 0.6) is 0 Å². The van der Waals surface area contributed by atoms with Gasteiger partial charge in [-0.2, -0.15) is 0 Å². The highest BCUT2D eigenvalue weighted by atomic mass is 16.5. The number of carbonyl (C=O) groups is 2. The fourth-order valence-corrected chi connectivity index (χ4v) is 4.35. The summed E-state index contributed by atoms with van der Waals surface area (Å²) in [5, 5.41) is 9.34. The maximum atomic E-state index is 13.4. The molecule has 0 atom stereocenters. The zero-order chi connectivity index (χ0) is 21.2. The zero-order valence-electron chi connectivity index (χ0n) is 17.2. The van der Waals surface area contributed by atoms with Gasteiger partial charge < -0.3 is 9.05 Å². The van der Waals surface area contributed by atoms with Gasteiger partial charge in [0.15, 0.2) is 11.4 Å². The molecule has 0 spiro atoms. The summed E-state index contributed by atoms with van der Waals surface area (Å²) in [5.74, 6) is 0.698. The van der Waals surface area contributed by atoms with Crippen LogP contribution in [0.2, 0.25) is 0 Å². The lowest BCUT2D eigenvalue weighted by Gasteiger charge is -2.23. The molecule has 2 heterocycles. The molecule has 0 saturated heterocycles. The van der Waals surface area contributed by atoms with E-state index in [0.717, 1.165) is 79.6 Å². The third-order valence-corrected chi connectivity index (χ3v) is 5.98. The Kier molecular flexibility index (Phi) is 5.28. The van der Waals surface area contributed by atoms with Gasteiger partial charge in [0.25, 0.3) is 11.8 Å². The van der Waals surface area contributed by atoms with E-state index in [9.17, 15) is 9.59 Å². The van der Waals surface area contributed by atoms with Gasteiger partial charge in [0, 0.05) is 24.0 Å². The number of hydrogen-bond donors (Lipinski definition) is 1. The van der Waals surface area contributed by atoms with E-state index in [-0.39, 0.29) is 23.8 Å². The Labute approximate surface area is 179 Å². The van der Waals surface area contributed by atoms with Crippen LogP contribution in [0.3, 0.4) is 0 Å². The molecule has 160 valence electrons. The van der Waals surface area contributed by atoms with Gasteiger partial charge in [-0.3, -0.25) is 15.0 Å². The monoisotopic (exact) mass is 420 g/mol. The van der Waals surface area contributed by atoms with Crippen LogP contribution in [0, 0.1) is 0 Å². The SMILES string of the molecule is O=C(NN(Cc1ccccc1)C(=O)c1noc2c1CCCC2)c1noc2c1CCCC2. The fraction of sp³-hybridized carbons (Fsp3) is 0.391. The second-order valence-corrected chi connectivity index (χ2v) is 8.10. The molecule has 0 fully saturated rings. The van der Waals surface area contributed by atoms with Gasteiger partial charge in [0.05, 0.1) is 6.54 Å². The Morgan fingerprint density at radius 2 is 1.42 bits per heavy atom. The van der Waals surface area contributed by atoms with Crippen molar-refractivity contribution in [2.75, 3.05) is 0 Å². The molecule has 0 unspecified atom stereocenters. The molecule has 2 amide bonds. The molecular formula is C23H24N4O4. The molecule has 8 nitrogen and oxygen atoms in total. The third-order valence-electron chi connectivity index (χ3n) is 5.98. The predicted molar refractivity (Wildman–Crippen MR) is 110 cm³/mol. The number of hydrazine groups is 1. The highest BCUT2D eigenvalue weighted by molar-refractivity contribution is 5.98. The van der Waals surface area contributed by atoms with E-state index in [1.807, 2.05) is 30.3 Å². The summed E-state index contributed by atoms with van der Waals surface area (Å²) in [7, 11) is 0. The molecule has 3 aromatic rings. The van der Waals surface area contributed by atoms with Crippen LogP contribution >= 0.6 is 0 Å². The van der Waals surface area contributed by atoms with Crippen molar-refractivity contribution in [3.05, 3.63) is 69.9 Å². The molecule has 2 aliphatic rings. The summed E-state index contributed by atoms with van der Waals surface area (Å²) in [6, 6.07) is 9.51. The van der Waals surface area contributed by atoms with Crippen molar-refractivity contribution >= 4 is 11.8 Å². The van der Waals surface area contributed by atoms with Crippen molar-refractivity contribution in [2.24, 2.45) is 0 Å². The Bertz CT molecular complexity index is 1100. The molecule has 31 heavy (non-hydrogen) atoms. The zero-order valence-corrected chi connectivity index (χ0v) is 17.2. The minimum atomic E-state index is -0.450. The number of aromatic nitrogens is 2. The van der Waals surface area contributed by atoms with E-state index in [0.29, 0.717) is 0 Å². The van der Waals surface area contributed by atoms with Gasteiger partial charge in [-0.25, -0.2) is 5.01 Å². The van der Waals surface area contributed by atoms with E-state index in [2.05, 4.69) is 15.7 Å². The molecule has 1 aromatic carbocycles. The van der Waals surface area contributed by atoms with Crippen LogP contribution in [0.15, 0.2) is 39.4 Å². The van der Waals surface area contributed by atoms with E-state index < -0.39 is 5.91 Å². The van der Waals surface area contributed by atoms with Crippen molar-refractivity contribution < 1.29 is 18.6 Å². The summed E-state index contributed by atoms with van der Waals surface area (Å²) in [6.07, 6.45) is 7.11. The third kappa shape index (κ3) is 3.85. The highest BCUT2D eigenvalue weighted by Crippen LogP contribution is 2.26. The molecular weight excluding hydrogens is 396 g/mol. The Balaban J connectivity index is 1.43. The number of benzene rings is 1. The maximum absolute atomic E-state index is 13.4. The molecule has 1 N–H and O–H groups in total. The van der Waals surface area contributed by atoms with Crippen LogP contribution in [0.25, 0.3) is 0 Å². The van der Waals surface area contributed by atoms with Crippen LogP contribution < -0.4 is 5.43 Å². The summed E-state index contributed by atoms with van der Waals surface area (Å²) in [5.41, 5.74) is 5.85. The average molecular weight is 420 g/mol. The van der Waals surface area contributed by atoms with Crippen LogP contribution in [-0.2, 0) is 32.2 Å². The predicted octanol–water partition coefficient (Wildman–Crippen LogP) is 3.41. The highest BCUT2D eigenvalue weighted by Gasteiger charge is 2.31. The van der Waals surface area contributed by atoms with Crippen LogP contribution in [-0.4, -0.2) is 27.1 Å². The molecule has 0 radical (unpaired) electrons. The van der Waals surface area contributed by atoms with Crippen LogP contribution in [0.4, 0.5) is 0 Å². The molecule has 5 rings (SSSR count). The van der Waals surface area contributed by atoms with Gasteiger partial charge in [-0.1, -0.05) is 40.6 Å². The summed E-state index contributed by atoms with van der Waals surface area (Å²) < 4.78 is 10.8. The number of carbonyl (C=O) groups excluding carboxylic acids is 2. The minimum Gasteiger partial charge on any atom is -0.360 e. The summed E-state index contributed by atoms with van der Waals surface area (Å²) in [6.45, 7) is 0.201. The fourth-order valence-electron chi connectivity index (χ4n) is 4.35. The summed E-state index contributed by atoms with van der Waals surface area (Å²) >= 11 is 0. The number of fused-ring (bicyclic) bond motifs is 2. The second kappa shape index (κ2) is 8.37. The van der Waals surface area contributed by atoms with E-state index in [1.165, 1.54) is 5.01 Å². The quantitative estimate of drug-likeness (QED) is 0.649. The van der Waals surface area contributed by atoms with Gasteiger partial charge in [0.2, 0.25) is 0 Å². The lowest BCUT2D eigenvalue weighted by atomic mass is 9.96. The summed E-state index contributed by atoms with van der Waals surface area (Å²) in [4.78, 5) is 26.5. The van der Waals surface area contributed by atoms with Gasteiger partial charge >= 0.3 is 0 Å². The smallest absolute Gasteiger partial charge is 0.295 e. The van der Waals surface area contributed by atoms with E-state index in [1.54, 1.807) is 0 Å². The Hall–Kier alpha value is -3.42. The normalized spacial score (nSPS) is 15.1. The van der Waals surface area contributed by atoms with Gasteiger partial charge in [0.1, 0.15) is 11.5 Å². The number of nitrogens with one attached hydrogen (secondary N) is 1.